The minimum absolute atomic E-state index is 0. The summed E-state index contributed by atoms with van der Waals surface area (Å²) in [6.07, 6.45) is 0. The molecule has 0 aromatic rings. The van der Waals surface area contributed by atoms with Gasteiger partial charge in [-0.15, -0.1) is 17.0 Å². The van der Waals surface area contributed by atoms with Crippen LogP contribution in [0.2, 0.25) is 0 Å². The van der Waals surface area contributed by atoms with Gasteiger partial charge >= 0.3 is 69.6 Å². The molecular weight excluding hydrogens is 248 g/mol. The Balaban J connectivity index is 0. The molecule has 11 heavy (non-hydrogen) atoms. The Kier molecular flexibility index (Phi) is 14.7. The summed E-state index contributed by atoms with van der Waals surface area (Å²) in [4.78, 5) is 0. The van der Waals surface area contributed by atoms with Crippen molar-refractivity contribution in [1.29, 1.82) is 0 Å². The van der Waals surface area contributed by atoms with Crippen LogP contribution in [-0.4, -0.2) is 19.8 Å². The van der Waals surface area contributed by atoms with E-state index in [1.807, 2.05) is 20.8 Å². The normalized spacial score (nSPS) is 9.00. The monoisotopic (exact) mass is 263 g/mol. The number of hydrogen-bond acceptors (Lipinski definition) is 3. The van der Waals surface area contributed by atoms with E-state index in [0.717, 1.165) is 0 Å². The Labute approximate surface area is 86.4 Å². The van der Waals surface area contributed by atoms with E-state index in [1.165, 1.54) is 0 Å². The Morgan fingerprint density at radius 1 is 0.818 bits per heavy atom. The zero-order chi connectivity index (χ0) is 7.82. The summed E-state index contributed by atoms with van der Waals surface area (Å²) in [7, 11) is 0. The number of hydrogen-bond donors (Lipinski definition) is 0. The van der Waals surface area contributed by atoms with Gasteiger partial charge in [-0.3, -0.25) is 0 Å². The second kappa shape index (κ2) is 11.1. The molecule has 0 spiro atoms. The first-order valence-electron chi connectivity index (χ1n) is 3.60. The Hall–Kier alpha value is 1.07. The Morgan fingerprint density at radius 3 is 1.27 bits per heavy atom. The molecular formula is C6H16BrO3Ti. The molecule has 0 rings (SSSR count). The van der Waals surface area contributed by atoms with Crippen LogP contribution in [0.25, 0.3) is 0 Å². The van der Waals surface area contributed by atoms with Crippen molar-refractivity contribution >= 4 is 17.0 Å². The van der Waals surface area contributed by atoms with E-state index in [1.54, 1.807) is 0 Å². The molecule has 0 atom stereocenters. The molecule has 0 heterocycles. The third-order valence-corrected chi connectivity index (χ3v) is 3.24. The Morgan fingerprint density at radius 2 is 1.09 bits per heavy atom. The molecule has 0 aliphatic carbocycles. The van der Waals surface area contributed by atoms with Gasteiger partial charge in [0, 0.05) is 0 Å². The quantitative estimate of drug-likeness (QED) is 0.687. The van der Waals surface area contributed by atoms with Gasteiger partial charge in [0.1, 0.15) is 0 Å². The first-order valence-corrected chi connectivity index (χ1v) is 5.51. The summed E-state index contributed by atoms with van der Waals surface area (Å²) >= 11 is -1.99. The SMILES string of the molecule is Br.CC[O][Ti]([O]CC)[O]CC. The van der Waals surface area contributed by atoms with Gasteiger partial charge in [-0.2, -0.15) is 0 Å². The first-order chi connectivity index (χ1) is 4.85. The van der Waals surface area contributed by atoms with Crippen molar-refractivity contribution in [3.8, 4) is 0 Å². The number of rotatable bonds is 6. The van der Waals surface area contributed by atoms with Crippen LogP contribution in [0.3, 0.4) is 0 Å². The molecule has 0 N–H and O–H groups in total. The molecule has 69 valence electrons. The summed E-state index contributed by atoms with van der Waals surface area (Å²) in [5, 5.41) is 0. The van der Waals surface area contributed by atoms with E-state index < -0.39 is 19.0 Å². The van der Waals surface area contributed by atoms with Gasteiger partial charge in [0.2, 0.25) is 0 Å². The fraction of sp³-hybridized carbons (Fsp3) is 1.00. The molecule has 0 saturated heterocycles. The summed E-state index contributed by atoms with van der Waals surface area (Å²) in [5.74, 6) is 0. The zero-order valence-corrected chi connectivity index (χ0v) is 10.5. The van der Waals surface area contributed by atoms with Crippen LogP contribution in [0.5, 0.6) is 0 Å². The molecule has 0 fully saturated rings. The summed E-state index contributed by atoms with van der Waals surface area (Å²) in [6.45, 7) is 7.92. The molecule has 0 aromatic heterocycles. The average Bonchev–Trinajstić information content (AvgIpc) is 1.90. The van der Waals surface area contributed by atoms with Crippen LogP contribution in [0.15, 0.2) is 0 Å². The topological polar surface area (TPSA) is 27.7 Å². The van der Waals surface area contributed by atoms with Crippen molar-refractivity contribution in [3.05, 3.63) is 0 Å². The van der Waals surface area contributed by atoms with Gasteiger partial charge in [-0.05, 0) is 0 Å². The molecule has 0 aromatic carbocycles. The van der Waals surface area contributed by atoms with Crippen molar-refractivity contribution in [2.24, 2.45) is 0 Å². The molecule has 0 unspecified atom stereocenters. The molecule has 0 aliphatic heterocycles. The van der Waals surface area contributed by atoms with Crippen LogP contribution in [0, 0.1) is 0 Å². The second-order valence-corrected chi connectivity index (χ2v) is 3.68. The van der Waals surface area contributed by atoms with Gasteiger partial charge in [0.05, 0.1) is 0 Å². The fourth-order valence-corrected chi connectivity index (χ4v) is 1.97. The van der Waals surface area contributed by atoms with Gasteiger partial charge in [0.25, 0.3) is 0 Å². The van der Waals surface area contributed by atoms with Crippen molar-refractivity contribution in [3.63, 3.8) is 0 Å². The van der Waals surface area contributed by atoms with Crippen LogP contribution in [0.1, 0.15) is 20.8 Å². The van der Waals surface area contributed by atoms with E-state index >= 15 is 0 Å². The van der Waals surface area contributed by atoms with Crippen LogP contribution in [0.4, 0.5) is 0 Å². The minimum atomic E-state index is -1.99. The molecule has 3 nitrogen and oxygen atoms in total. The van der Waals surface area contributed by atoms with E-state index in [0.29, 0.717) is 19.8 Å². The third kappa shape index (κ3) is 8.98. The van der Waals surface area contributed by atoms with E-state index in [-0.39, 0.29) is 17.0 Å². The molecule has 0 bridgehead atoms. The predicted octanol–water partition coefficient (Wildman–Crippen LogP) is 2.04. The van der Waals surface area contributed by atoms with Gasteiger partial charge in [-0.1, -0.05) is 0 Å². The molecule has 0 amide bonds. The maximum atomic E-state index is 5.24. The van der Waals surface area contributed by atoms with Gasteiger partial charge < -0.3 is 0 Å². The maximum absolute atomic E-state index is 5.24. The van der Waals surface area contributed by atoms with Crippen LogP contribution < -0.4 is 0 Å². The second-order valence-electron chi connectivity index (χ2n) is 1.55. The third-order valence-electron chi connectivity index (χ3n) is 0.787. The van der Waals surface area contributed by atoms with E-state index in [9.17, 15) is 0 Å². The summed E-state index contributed by atoms with van der Waals surface area (Å²) < 4.78 is 15.7. The van der Waals surface area contributed by atoms with Gasteiger partial charge in [-0.25, -0.2) is 0 Å². The number of halogens is 1. The predicted molar refractivity (Wildman–Crippen MR) is 45.2 cm³/mol. The van der Waals surface area contributed by atoms with E-state index in [2.05, 4.69) is 0 Å². The van der Waals surface area contributed by atoms with Crippen LogP contribution in [-0.2, 0) is 29.0 Å². The molecule has 0 aliphatic rings. The average molecular weight is 264 g/mol. The van der Waals surface area contributed by atoms with Crippen molar-refractivity contribution < 1.29 is 29.0 Å². The standard InChI is InChI=1S/3C2H5O.BrH.Ti/c3*1-2-3;;/h3*2H2,1H3;1H;/q3*-1;;+3. The fourth-order valence-electron chi connectivity index (χ4n) is 0.479. The zero-order valence-electron chi connectivity index (χ0n) is 7.25. The first kappa shape index (κ1) is 14.6. The van der Waals surface area contributed by atoms with Crippen molar-refractivity contribution in [1.82, 2.24) is 0 Å². The van der Waals surface area contributed by atoms with Crippen LogP contribution >= 0.6 is 17.0 Å². The molecule has 5 heteroatoms. The Bertz CT molecular complexity index is 60.6. The molecule has 0 radical (unpaired) electrons. The van der Waals surface area contributed by atoms with Crippen molar-refractivity contribution in [2.75, 3.05) is 19.8 Å². The summed E-state index contributed by atoms with van der Waals surface area (Å²) in [5.41, 5.74) is 0. The van der Waals surface area contributed by atoms with E-state index in [4.69, 9.17) is 9.96 Å². The summed E-state index contributed by atoms with van der Waals surface area (Å²) in [6, 6.07) is 0. The molecule has 0 saturated carbocycles. The van der Waals surface area contributed by atoms with Gasteiger partial charge in [0.15, 0.2) is 0 Å². The van der Waals surface area contributed by atoms with Crippen molar-refractivity contribution in [2.45, 2.75) is 20.8 Å².